The van der Waals surface area contributed by atoms with Gasteiger partial charge in [0, 0.05) is 29.9 Å². The minimum atomic E-state index is -0.126. The van der Waals surface area contributed by atoms with E-state index in [0.717, 1.165) is 5.69 Å². The van der Waals surface area contributed by atoms with E-state index in [1.54, 1.807) is 12.3 Å². The fourth-order valence-corrected chi connectivity index (χ4v) is 1.68. The molecule has 0 bridgehead atoms. The Morgan fingerprint density at radius 1 is 1.26 bits per heavy atom. The molecule has 2 rings (SSSR count). The molecule has 19 heavy (non-hydrogen) atoms. The molecule has 0 spiro atoms. The summed E-state index contributed by atoms with van der Waals surface area (Å²) in [5, 5.41) is 12.0. The van der Waals surface area contributed by atoms with E-state index in [0.29, 0.717) is 18.1 Å². The van der Waals surface area contributed by atoms with Crippen LogP contribution in [0.1, 0.15) is 25.2 Å². The van der Waals surface area contributed by atoms with E-state index in [4.69, 9.17) is 5.26 Å². The van der Waals surface area contributed by atoms with E-state index in [1.165, 1.54) is 6.33 Å². The van der Waals surface area contributed by atoms with Gasteiger partial charge in [0.15, 0.2) is 0 Å². The molecular weight excluding hydrogens is 238 g/mol. The van der Waals surface area contributed by atoms with Crippen LogP contribution in [0.2, 0.25) is 0 Å². The lowest BCUT2D eigenvalue weighted by atomic mass is 9.89. The van der Waals surface area contributed by atoms with E-state index < -0.39 is 0 Å². The molecule has 5 nitrogen and oxygen atoms in total. The average Bonchev–Trinajstić information content (AvgIpc) is 2.46. The number of anilines is 1. The van der Waals surface area contributed by atoms with Crippen molar-refractivity contribution in [1.29, 1.82) is 5.26 Å². The molecule has 2 heterocycles. The van der Waals surface area contributed by atoms with Crippen molar-refractivity contribution >= 4 is 5.82 Å². The molecule has 0 aliphatic heterocycles. The zero-order chi connectivity index (χ0) is 13.7. The molecule has 0 amide bonds. The lowest BCUT2D eigenvalue weighted by Crippen LogP contribution is -2.28. The third-order valence-electron chi connectivity index (χ3n) is 2.85. The van der Waals surface area contributed by atoms with Gasteiger partial charge in [-0.2, -0.15) is 5.26 Å². The van der Waals surface area contributed by atoms with Crippen LogP contribution in [-0.4, -0.2) is 21.5 Å². The summed E-state index contributed by atoms with van der Waals surface area (Å²) in [4.78, 5) is 12.3. The van der Waals surface area contributed by atoms with Gasteiger partial charge < -0.3 is 5.32 Å². The molecule has 0 aliphatic rings. The van der Waals surface area contributed by atoms with Crippen molar-refractivity contribution in [3.8, 4) is 6.07 Å². The van der Waals surface area contributed by atoms with Gasteiger partial charge in [-0.3, -0.25) is 4.98 Å². The predicted octanol–water partition coefficient (Wildman–Crippen LogP) is 2.13. The number of pyridine rings is 1. The summed E-state index contributed by atoms with van der Waals surface area (Å²) in [6.07, 6.45) is 3.17. The molecule has 2 aromatic rings. The third kappa shape index (κ3) is 3.26. The molecule has 0 radical (unpaired) electrons. The van der Waals surface area contributed by atoms with Gasteiger partial charge in [0.2, 0.25) is 0 Å². The summed E-state index contributed by atoms with van der Waals surface area (Å²) in [6.45, 7) is 4.88. The second-order valence-electron chi connectivity index (χ2n) is 4.85. The maximum Gasteiger partial charge on any atom is 0.145 e. The van der Waals surface area contributed by atoms with E-state index >= 15 is 0 Å². The SMILES string of the molecule is CC(C)(CNc1cc(C#N)ncn1)c1ccccn1. The smallest absolute Gasteiger partial charge is 0.145 e. The highest BCUT2D eigenvalue weighted by Crippen LogP contribution is 2.21. The quantitative estimate of drug-likeness (QED) is 0.903. The standard InChI is InChI=1S/C14H15N5/c1-14(2,12-5-3-4-6-16-12)9-17-13-7-11(8-15)18-10-19-13/h3-7,10H,9H2,1-2H3,(H,17,18,19). The minimum Gasteiger partial charge on any atom is -0.369 e. The molecule has 5 heteroatoms. The fourth-order valence-electron chi connectivity index (χ4n) is 1.68. The highest BCUT2D eigenvalue weighted by molar-refractivity contribution is 5.39. The van der Waals surface area contributed by atoms with Crippen molar-refractivity contribution in [2.75, 3.05) is 11.9 Å². The Morgan fingerprint density at radius 2 is 2.11 bits per heavy atom. The van der Waals surface area contributed by atoms with Crippen LogP contribution in [0.4, 0.5) is 5.82 Å². The van der Waals surface area contributed by atoms with Gasteiger partial charge in [-0.05, 0) is 12.1 Å². The normalized spacial score (nSPS) is 10.8. The van der Waals surface area contributed by atoms with Crippen molar-refractivity contribution in [2.45, 2.75) is 19.3 Å². The third-order valence-corrected chi connectivity index (χ3v) is 2.85. The topological polar surface area (TPSA) is 74.5 Å². The first kappa shape index (κ1) is 13.0. The first-order chi connectivity index (χ1) is 9.12. The van der Waals surface area contributed by atoms with E-state index in [1.807, 2.05) is 24.3 Å². The molecule has 0 fully saturated rings. The van der Waals surface area contributed by atoms with Crippen LogP contribution in [0.3, 0.4) is 0 Å². The second kappa shape index (κ2) is 5.44. The Bertz CT molecular complexity index is 586. The van der Waals surface area contributed by atoms with E-state index in [2.05, 4.69) is 34.1 Å². The minimum absolute atomic E-state index is 0.126. The molecule has 0 atom stereocenters. The van der Waals surface area contributed by atoms with Gasteiger partial charge >= 0.3 is 0 Å². The molecule has 2 aromatic heterocycles. The summed E-state index contributed by atoms with van der Waals surface area (Å²) in [5.74, 6) is 0.649. The van der Waals surface area contributed by atoms with Crippen LogP contribution in [0.5, 0.6) is 0 Å². The Hall–Kier alpha value is -2.48. The summed E-state index contributed by atoms with van der Waals surface area (Å²) >= 11 is 0. The fraction of sp³-hybridized carbons (Fsp3) is 0.286. The number of nitrogens with one attached hydrogen (secondary N) is 1. The predicted molar refractivity (Wildman–Crippen MR) is 72.5 cm³/mol. The van der Waals surface area contributed by atoms with Gasteiger partial charge in [-0.1, -0.05) is 19.9 Å². The number of aromatic nitrogens is 3. The Balaban J connectivity index is 2.07. The largest absolute Gasteiger partial charge is 0.369 e. The van der Waals surface area contributed by atoms with Gasteiger partial charge in [0.25, 0.3) is 0 Å². The van der Waals surface area contributed by atoms with Crippen LogP contribution in [0.25, 0.3) is 0 Å². The molecular formula is C14H15N5. The Kier molecular flexibility index (Phi) is 3.71. The highest BCUT2D eigenvalue weighted by atomic mass is 15.0. The van der Waals surface area contributed by atoms with Crippen LogP contribution in [0, 0.1) is 11.3 Å². The summed E-state index contributed by atoms with van der Waals surface area (Å²) in [7, 11) is 0. The maximum absolute atomic E-state index is 8.79. The molecule has 0 aliphatic carbocycles. The zero-order valence-electron chi connectivity index (χ0n) is 11.0. The summed E-state index contributed by atoms with van der Waals surface area (Å²) in [6, 6.07) is 9.50. The number of hydrogen-bond acceptors (Lipinski definition) is 5. The lowest BCUT2D eigenvalue weighted by molar-refractivity contribution is 0.537. The van der Waals surface area contributed by atoms with Crippen molar-refractivity contribution < 1.29 is 0 Å². The molecule has 0 saturated heterocycles. The van der Waals surface area contributed by atoms with Crippen LogP contribution in [-0.2, 0) is 5.41 Å². The van der Waals surface area contributed by atoms with Crippen LogP contribution in [0.15, 0.2) is 36.8 Å². The first-order valence-electron chi connectivity index (χ1n) is 5.99. The monoisotopic (exact) mass is 253 g/mol. The summed E-state index contributed by atoms with van der Waals surface area (Å²) < 4.78 is 0. The maximum atomic E-state index is 8.79. The molecule has 0 aromatic carbocycles. The summed E-state index contributed by atoms with van der Waals surface area (Å²) in [5.41, 5.74) is 1.24. The molecule has 1 N–H and O–H groups in total. The van der Waals surface area contributed by atoms with E-state index in [9.17, 15) is 0 Å². The number of nitrogens with zero attached hydrogens (tertiary/aromatic N) is 4. The zero-order valence-corrected chi connectivity index (χ0v) is 11.0. The number of nitriles is 1. The Labute approximate surface area is 112 Å². The molecule has 0 saturated carbocycles. The molecule has 96 valence electrons. The highest BCUT2D eigenvalue weighted by Gasteiger charge is 2.21. The van der Waals surface area contributed by atoms with Crippen LogP contribution < -0.4 is 5.32 Å². The number of rotatable bonds is 4. The van der Waals surface area contributed by atoms with Gasteiger partial charge in [-0.15, -0.1) is 0 Å². The van der Waals surface area contributed by atoms with Crippen molar-refractivity contribution in [2.24, 2.45) is 0 Å². The van der Waals surface area contributed by atoms with Crippen molar-refractivity contribution in [1.82, 2.24) is 15.0 Å². The average molecular weight is 253 g/mol. The van der Waals surface area contributed by atoms with Gasteiger partial charge in [0.1, 0.15) is 23.9 Å². The first-order valence-corrected chi connectivity index (χ1v) is 5.99. The molecule has 0 unspecified atom stereocenters. The second-order valence-corrected chi connectivity index (χ2v) is 4.85. The van der Waals surface area contributed by atoms with Crippen molar-refractivity contribution in [3.05, 3.63) is 48.2 Å². The van der Waals surface area contributed by atoms with Gasteiger partial charge in [0.05, 0.1) is 0 Å². The van der Waals surface area contributed by atoms with Gasteiger partial charge in [-0.25, -0.2) is 9.97 Å². The lowest BCUT2D eigenvalue weighted by Gasteiger charge is -2.24. The van der Waals surface area contributed by atoms with Crippen LogP contribution >= 0.6 is 0 Å². The van der Waals surface area contributed by atoms with E-state index in [-0.39, 0.29) is 5.41 Å². The Morgan fingerprint density at radius 3 is 2.79 bits per heavy atom. The van der Waals surface area contributed by atoms with Crippen molar-refractivity contribution in [3.63, 3.8) is 0 Å². The number of hydrogen-bond donors (Lipinski definition) is 1.